The van der Waals surface area contributed by atoms with Crippen molar-refractivity contribution in [1.82, 2.24) is 15.2 Å². The number of amides is 1. The van der Waals surface area contributed by atoms with Crippen molar-refractivity contribution in [3.63, 3.8) is 0 Å². The third-order valence-corrected chi connectivity index (χ3v) is 3.63. The van der Waals surface area contributed by atoms with Crippen LogP contribution in [-0.4, -0.2) is 54.2 Å². The summed E-state index contributed by atoms with van der Waals surface area (Å²) in [6, 6.07) is 3.79. The fraction of sp³-hybridized carbons (Fsp3) is 0.571. The highest BCUT2D eigenvalue weighted by Gasteiger charge is 2.32. The van der Waals surface area contributed by atoms with E-state index < -0.39 is 6.10 Å². The molecule has 1 fully saturated rings. The number of aliphatic hydroxyl groups is 1. The van der Waals surface area contributed by atoms with E-state index in [-0.39, 0.29) is 11.8 Å². The first-order chi connectivity index (χ1) is 9.62. The summed E-state index contributed by atoms with van der Waals surface area (Å²) in [5, 5.41) is 12.6. The maximum absolute atomic E-state index is 11.4. The summed E-state index contributed by atoms with van der Waals surface area (Å²) < 4.78 is 5.07. The zero-order valence-corrected chi connectivity index (χ0v) is 11.9. The summed E-state index contributed by atoms with van der Waals surface area (Å²) in [7, 11) is 3.22. The van der Waals surface area contributed by atoms with Gasteiger partial charge in [0.25, 0.3) is 0 Å². The predicted octanol–water partition coefficient (Wildman–Crippen LogP) is 0.0190. The number of nitrogens with zero attached hydrogens (tertiary/aromatic N) is 2. The lowest BCUT2D eigenvalue weighted by Gasteiger charge is -2.15. The Morgan fingerprint density at radius 3 is 2.95 bits per heavy atom. The number of likely N-dealkylation sites (tertiary alicyclic amines) is 1. The number of carbonyl (C=O) groups excluding carboxylic acids is 1. The number of pyridine rings is 1. The third kappa shape index (κ3) is 3.68. The number of ether oxygens (including phenoxy) is 1. The topological polar surface area (TPSA) is 74.7 Å². The van der Waals surface area contributed by atoms with E-state index in [0.29, 0.717) is 26.1 Å². The summed E-state index contributed by atoms with van der Waals surface area (Å²) in [6.07, 6.45) is 1.60. The summed E-state index contributed by atoms with van der Waals surface area (Å²) in [5.74, 6) is 0.694. The Morgan fingerprint density at radius 2 is 2.35 bits per heavy atom. The smallest absolute Gasteiger partial charge is 0.220 e. The lowest BCUT2D eigenvalue weighted by Crippen LogP contribution is -2.27. The first-order valence-corrected chi connectivity index (χ1v) is 6.72. The first-order valence-electron chi connectivity index (χ1n) is 6.72. The SMILES string of the molecule is CNC(=O)C[C@@H]1CN(Cc2ccc(OC)cn2)C[C@H]1O. The van der Waals surface area contributed by atoms with E-state index in [9.17, 15) is 9.90 Å². The molecular formula is C14H21N3O3. The average molecular weight is 279 g/mol. The van der Waals surface area contributed by atoms with Gasteiger partial charge in [-0.05, 0) is 12.1 Å². The molecule has 110 valence electrons. The summed E-state index contributed by atoms with van der Waals surface area (Å²) in [5.41, 5.74) is 0.929. The fourth-order valence-electron chi connectivity index (χ4n) is 2.47. The highest BCUT2D eigenvalue weighted by Crippen LogP contribution is 2.22. The highest BCUT2D eigenvalue weighted by molar-refractivity contribution is 5.75. The molecule has 1 aromatic heterocycles. The summed E-state index contributed by atoms with van der Waals surface area (Å²) in [4.78, 5) is 17.8. The van der Waals surface area contributed by atoms with Crippen LogP contribution in [0.1, 0.15) is 12.1 Å². The molecule has 1 aliphatic rings. The van der Waals surface area contributed by atoms with E-state index in [1.54, 1.807) is 20.4 Å². The Labute approximate surface area is 118 Å². The number of nitrogens with one attached hydrogen (secondary N) is 1. The highest BCUT2D eigenvalue weighted by atomic mass is 16.5. The molecule has 2 atom stereocenters. The van der Waals surface area contributed by atoms with Gasteiger partial charge in [-0.25, -0.2) is 0 Å². The van der Waals surface area contributed by atoms with E-state index in [2.05, 4.69) is 15.2 Å². The standard InChI is InChI=1S/C14H21N3O3/c1-15-14(19)5-10-7-17(9-13(10)18)8-11-3-4-12(20-2)6-16-11/h3-4,6,10,13,18H,5,7-9H2,1-2H3,(H,15,19)/t10-,13-/m1/s1. The molecule has 0 aromatic carbocycles. The van der Waals surface area contributed by atoms with E-state index in [1.807, 2.05) is 12.1 Å². The van der Waals surface area contributed by atoms with Crippen molar-refractivity contribution in [3.8, 4) is 5.75 Å². The van der Waals surface area contributed by atoms with Crippen LogP contribution in [0.15, 0.2) is 18.3 Å². The average Bonchev–Trinajstić information content (AvgIpc) is 2.79. The van der Waals surface area contributed by atoms with Crippen LogP contribution in [0.3, 0.4) is 0 Å². The number of carbonyl (C=O) groups is 1. The van der Waals surface area contributed by atoms with Crippen molar-refractivity contribution in [1.29, 1.82) is 0 Å². The third-order valence-electron chi connectivity index (χ3n) is 3.63. The maximum Gasteiger partial charge on any atom is 0.220 e. The van der Waals surface area contributed by atoms with Gasteiger partial charge in [-0.3, -0.25) is 14.7 Å². The van der Waals surface area contributed by atoms with Gasteiger partial charge in [0, 0.05) is 39.0 Å². The zero-order valence-electron chi connectivity index (χ0n) is 11.9. The van der Waals surface area contributed by atoms with Gasteiger partial charge in [0.05, 0.1) is 25.1 Å². The number of hydrogen-bond acceptors (Lipinski definition) is 5. The molecule has 0 aliphatic carbocycles. The van der Waals surface area contributed by atoms with Crippen molar-refractivity contribution in [2.24, 2.45) is 5.92 Å². The molecule has 0 radical (unpaired) electrons. The number of rotatable bonds is 5. The lowest BCUT2D eigenvalue weighted by atomic mass is 10.0. The molecular weight excluding hydrogens is 258 g/mol. The Balaban J connectivity index is 1.89. The van der Waals surface area contributed by atoms with Crippen molar-refractivity contribution >= 4 is 5.91 Å². The second-order valence-electron chi connectivity index (χ2n) is 5.09. The van der Waals surface area contributed by atoms with Crippen LogP contribution in [0.5, 0.6) is 5.75 Å². The first kappa shape index (κ1) is 14.7. The predicted molar refractivity (Wildman–Crippen MR) is 74.2 cm³/mol. The number of hydrogen-bond donors (Lipinski definition) is 2. The molecule has 2 N–H and O–H groups in total. The molecule has 6 heteroatoms. The van der Waals surface area contributed by atoms with Gasteiger partial charge < -0.3 is 15.2 Å². The number of aromatic nitrogens is 1. The summed E-state index contributed by atoms with van der Waals surface area (Å²) in [6.45, 7) is 1.96. The molecule has 0 bridgehead atoms. The van der Waals surface area contributed by atoms with E-state index in [1.165, 1.54) is 0 Å². The molecule has 0 saturated carbocycles. The second kappa shape index (κ2) is 6.67. The van der Waals surface area contributed by atoms with Crippen LogP contribution >= 0.6 is 0 Å². The zero-order chi connectivity index (χ0) is 14.5. The van der Waals surface area contributed by atoms with Crippen molar-refractivity contribution < 1.29 is 14.6 Å². The Hall–Kier alpha value is -1.66. The molecule has 1 aliphatic heterocycles. The van der Waals surface area contributed by atoms with Crippen molar-refractivity contribution in [2.45, 2.75) is 19.1 Å². The largest absolute Gasteiger partial charge is 0.495 e. The molecule has 20 heavy (non-hydrogen) atoms. The second-order valence-corrected chi connectivity index (χ2v) is 5.09. The van der Waals surface area contributed by atoms with Gasteiger partial charge >= 0.3 is 0 Å². The molecule has 1 aromatic rings. The minimum Gasteiger partial charge on any atom is -0.495 e. The fourth-order valence-corrected chi connectivity index (χ4v) is 2.47. The molecule has 1 amide bonds. The van der Waals surface area contributed by atoms with Crippen LogP contribution < -0.4 is 10.1 Å². The molecule has 0 unspecified atom stereocenters. The van der Waals surface area contributed by atoms with Crippen LogP contribution in [0, 0.1) is 5.92 Å². The minimum atomic E-state index is -0.453. The van der Waals surface area contributed by atoms with Crippen LogP contribution in [0.25, 0.3) is 0 Å². The quantitative estimate of drug-likeness (QED) is 0.795. The maximum atomic E-state index is 11.4. The normalized spacial score (nSPS) is 22.8. The van der Waals surface area contributed by atoms with Gasteiger partial charge in [0.15, 0.2) is 0 Å². The molecule has 1 saturated heterocycles. The molecule has 2 rings (SSSR count). The lowest BCUT2D eigenvalue weighted by molar-refractivity contribution is -0.122. The van der Waals surface area contributed by atoms with Gasteiger partial charge in [0.2, 0.25) is 5.91 Å². The number of methoxy groups -OCH3 is 1. The number of β-amino-alcohol motifs (C(OH)–C–C–N with tert-alkyl or cyclic N) is 1. The molecule has 0 spiro atoms. The Morgan fingerprint density at radius 1 is 1.55 bits per heavy atom. The van der Waals surface area contributed by atoms with Crippen molar-refractivity contribution in [2.75, 3.05) is 27.2 Å². The monoisotopic (exact) mass is 279 g/mol. The van der Waals surface area contributed by atoms with Gasteiger partial charge in [-0.2, -0.15) is 0 Å². The Kier molecular flexibility index (Phi) is 4.92. The Bertz CT molecular complexity index is 449. The minimum absolute atomic E-state index is 0.00630. The van der Waals surface area contributed by atoms with E-state index >= 15 is 0 Å². The van der Waals surface area contributed by atoms with Crippen LogP contribution in [-0.2, 0) is 11.3 Å². The van der Waals surface area contributed by atoms with Crippen LogP contribution in [0.2, 0.25) is 0 Å². The summed E-state index contributed by atoms with van der Waals surface area (Å²) >= 11 is 0. The van der Waals surface area contributed by atoms with Crippen molar-refractivity contribution in [3.05, 3.63) is 24.0 Å². The molecule has 6 nitrogen and oxygen atoms in total. The van der Waals surface area contributed by atoms with E-state index in [4.69, 9.17) is 4.74 Å². The van der Waals surface area contributed by atoms with E-state index in [0.717, 1.165) is 11.4 Å². The van der Waals surface area contributed by atoms with Gasteiger partial charge in [0.1, 0.15) is 5.75 Å². The molecule has 2 heterocycles. The van der Waals surface area contributed by atoms with Gasteiger partial charge in [-0.15, -0.1) is 0 Å². The number of aliphatic hydroxyl groups excluding tert-OH is 1. The van der Waals surface area contributed by atoms with Crippen LogP contribution in [0.4, 0.5) is 0 Å². The van der Waals surface area contributed by atoms with Gasteiger partial charge in [-0.1, -0.05) is 0 Å².